The van der Waals surface area contributed by atoms with Crippen molar-refractivity contribution in [2.45, 2.75) is 6.54 Å². The summed E-state index contributed by atoms with van der Waals surface area (Å²) < 4.78 is 10.5. The number of halogens is 3. The zero-order valence-electron chi connectivity index (χ0n) is 14.7. The molecule has 0 aliphatic rings. The first-order chi connectivity index (χ1) is 12.3. The molecule has 2 aromatic carbocycles. The summed E-state index contributed by atoms with van der Waals surface area (Å²) in [5, 5.41) is 3.76. The maximum Gasteiger partial charge on any atom is 0.279 e. The molecule has 8 heteroatoms. The number of nitrogens with one attached hydrogen (secondary N) is 2. The van der Waals surface area contributed by atoms with E-state index >= 15 is 0 Å². The Hall–Kier alpha value is -1.66. The summed E-state index contributed by atoms with van der Waals surface area (Å²) in [6.45, 7) is 0.897. The van der Waals surface area contributed by atoms with Crippen LogP contribution in [0.4, 0.5) is 5.69 Å². The van der Waals surface area contributed by atoms with E-state index in [0.717, 1.165) is 10.5 Å². The zero-order chi connectivity index (χ0) is 19.3. The number of rotatable bonds is 7. The van der Waals surface area contributed by atoms with Gasteiger partial charge in [-0.1, -0.05) is 34.8 Å². The Balaban J connectivity index is 1.98. The Bertz CT molecular complexity index is 799. The van der Waals surface area contributed by atoms with Crippen molar-refractivity contribution >= 4 is 46.4 Å². The molecule has 2 aromatic rings. The van der Waals surface area contributed by atoms with Crippen molar-refractivity contribution in [1.82, 2.24) is 0 Å². The van der Waals surface area contributed by atoms with Gasteiger partial charge < -0.3 is 19.7 Å². The number of quaternary nitrogens is 1. The maximum atomic E-state index is 12.3. The van der Waals surface area contributed by atoms with Gasteiger partial charge >= 0.3 is 0 Å². The van der Waals surface area contributed by atoms with E-state index in [1.807, 2.05) is 25.2 Å². The molecular weight excluding hydrogens is 399 g/mol. The lowest BCUT2D eigenvalue weighted by Gasteiger charge is -2.16. The fraction of sp³-hybridized carbons (Fsp3) is 0.278. The minimum absolute atomic E-state index is 0.178. The van der Waals surface area contributed by atoms with Crippen molar-refractivity contribution in [2.75, 3.05) is 33.1 Å². The van der Waals surface area contributed by atoms with Crippen LogP contribution in [0, 0.1) is 0 Å². The Morgan fingerprint density at radius 1 is 1.00 bits per heavy atom. The molecule has 5 nitrogen and oxygen atoms in total. The third-order valence-electron chi connectivity index (χ3n) is 3.70. The highest BCUT2D eigenvalue weighted by Gasteiger charge is 2.15. The molecule has 0 fully saturated rings. The zero-order valence-corrected chi connectivity index (χ0v) is 16.9. The van der Waals surface area contributed by atoms with Crippen molar-refractivity contribution in [1.29, 1.82) is 0 Å². The van der Waals surface area contributed by atoms with Crippen LogP contribution in [0.25, 0.3) is 0 Å². The van der Waals surface area contributed by atoms with Crippen LogP contribution < -0.4 is 19.7 Å². The first-order valence-electron chi connectivity index (χ1n) is 7.80. The molecule has 1 unspecified atom stereocenters. The lowest BCUT2D eigenvalue weighted by Crippen LogP contribution is -3.08. The lowest BCUT2D eigenvalue weighted by molar-refractivity contribution is -0.885. The van der Waals surface area contributed by atoms with Gasteiger partial charge in [-0.25, -0.2) is 0 Å². The summed E-state index contributed by atoms with van der Waals surface area (Å²) in [5.74, 6) is 1.15. The van der Waals surface area contributed by atoms with E-state index in [-0.39, 0.29) is 12.5 Å². The monoisotopic (exact) mass is 417 g/mol. The van der Waals surface area contributed by atoms with Gasteiger partial charge in [0.2, 0.25) is 0 Å². The molecule has 0 saturated heterocycles. The highest BCUT2D eigenvalue weighted by atomic mass is 35.5. The van der Waals surface area contributed by atoms with Crippen LogP contribution in [0.1, 0.15) is 5.56 Å². The van der Waals surface area contributed by atoms with E-state index in [9.17, 15) is 4.79 Å². The van der Waals surface area contributed by atoms with Crippen LogP contribution in [-0.4, -0.2) is 33.7 Å². The summed E-state index contributed by atoms with van der Waals surface area (Å²) in [7, 11) is 5.10. The van der Waals surface area contributed by atoms with Gasteiger partial charge in [-0.2, -0.15) is 0 Å². The van der Waals surface area contributed by atoms with Crippen molar-refractivity contribution in [3.63, 3.8) is 0 Å². The number of ether oxygens (including phenoxy) is 2. The van der Waals surface area contributed by atoms with Crippen LogP contribution >= 0.6 is 34.8 Å². The second-order valence-corrected chi connectivity index (χ2v) is 7.02. The van der Waals surface area contributed by atoms with Crippen LogP contribution in [0.3, 0.4) is 0 Å². The molecule has 0 aromatic heterocycles. The van der Waals surface area contributed by atoms with Gasteiger partial charge in [0, 0.05) is 5.56 Å². The predicted octanol–water partition coefficient (Wildman–Crippen LogP) is 3.32. The molecule has 2 N–H and O–H groups in total. The second kappa shape index (κ2) is 9.33. The first kappa shape index (κ1) is 20.6. The summed E-state index contributed by atoms with van der Waals surface area (Å²) >= 11 is 17.9. The van der Waals surface area contributed by atoms with Gasteiger partial charge in [0.25, 0.3) is 5.91 Å². The highest BCUT2D eigenvalue weighted by Crippen LogP contribution is 2.32. The number of methoxy groups -OCH3 is 2. The molecule has 0 heterocycles. The number of amides is 1. The van der Waals surface area contributed by atoms with Crippen LogP contribution in [0.15, 0.2) is 30.3 Å². The van der Waals surface area contributed by atoms with E-state index in [1.165, 1.54) is 12.1 Å². The van der Waals surface area contributed by atoms with E-state index < -0.39 is 0 Å². The summed E-state index contributed by atoms with van der Waals surface area (Å²) in [6.07, 6.45) is 0. The number of carbonyl (C=O) groups excluding carboxylic acids is 1. The molecule has 1 amide bonds. The topological polar surface area (TPSA) is 52.0 Å². The standard InChI is InChI=1S/C18H19Cl3N2O3/c1-23(9-11-4-5-16(25-2)17(6-11)26-3)10-18(24)22-15-8-13(20)12(19)7-14(15)21/h4-8H,9-10H2,1-3H3,(H,22,24)/p+1. The van der Waals surface area contributed by atoms with Crippen molar-refractivity contribution < 1.29 is 19.2 Å². The van der Waals surface area contributed by atoms with Gasteiger partial charge in [-0.15, -0.1) is 0 Å². The smallest absolute Gasteiger partial charge is 0.279 e. The number of benzene rings is 2. The fourth-order valence-corrected chi connectivity index (χ4v) is 3.08. The molecule has 0 aliphatic carbocycles. The van der Waals surface area contributed by atoms with E-state index in [4.69, 9.17) is 44.3 Å². The molecule has 0 aliphatic heterocycles. The van der Waals surface area contributed by atoms with Gasteiger partial charge in [0.1, 0.15) is 6.54 Å². The number of hydrogen-bond donors (Lipinski definition) is 2. The van der Waals surface area contributed by atoms with Crippen molar-refractivity contribution in [3.8, 4) is 11.5 Å². The predicted molar refractivity (Wildman–Crippen MR) is 105 cm³/mol. The third kappa shape index (κ3) is 5.42. The molecule has 0 radical (unpaired) electrons. The fourth-order valence-electron chi connectivity index (χ4n) is 2.49. The third-order valence-corrected chi connectivity index (χ3v) is 4.74. The Morgan fingerprint density at radius 3 is 2.31 bits per heavy atom. The average molecular weight is 419 g/mol. The van der Waals surface area contributed by atoms with E-state index in [0.29, 0.717) is 38.8 Å². The summed E-state index contributed by atoms with van der Waals surface area (Å²) in [6, 6.07) is 8.72. The molecule has 140 valence electrons. The highest BCUT2D eigenvalue weighted by molar-refractivity contribution is 6.44. The van der Waals surface area contributed by atoms with Crippen molar-refractivity contribution in [3.05, 3.63) is 51.0 Å². The van der Waals surface area contributed by atoms with Gasteiger partial charge in [0.15, 0.2) is 18.0 Å². The largest absolute Gasteiger partial charge is 0.493 e. The number of carbonyl (C=O) groups is 1. The molecule has 2 rings (SSSR count). The van der Waals surface area contributed by atoms with Gasteiger partial charge in [-0.3, -0.25) is 4.79 Å². The maximum absolute atomic E-state index is 12.3. The number of hydrogen-bond acceptors (Lipinski definition) is 3. The van der Waals surface area contributed by atoms with E-state index in [1.54, 1.807) is 14.2 Å². The normalized spacial score (nSPS) is 11.8. The number of likely N-dealkylation sites (N-methyl/N-ethyl adjacent to an activating group) is 1. The molecule has 0 bridgehead atoms. The van der Waals surface area contributed by atoms with Crippen molar-refractivity contribution in [2.24, 2.45) is 0 Å². The molecular formula is C18H20Cl3N2O3+. The summed E-state index contributed by atoms with van der Waals surface area (Å²) in [5.41, 5.74) is 1.46. The van der Waals surface area contributed by atoms with E-state index in [2.05, 4.69) is 5.32 Å². The SMILES string of the molecule is COc1ccc(C[NH+](C)CC(=O)Nc2cc(Cl)c(Cl)cc2Cl)cc1OC. The number of anilines is 1. The van der Waals surface area contributed by atoms with Gasteiger partial charge in [-0.05, 0) is 30.3 Å². The molecule has 1 atom stereocenters. The van der Waals surface area contributed by atoms with Crippen LogP contribution in [0.2, 0.25) is 15.1 Å². The lowest BCUT2D eigenvalue weighted by atomic mass is 10.2. The average Bonchev–Trinajstić information content (AvgIpc) is 2.59. The first-order valence-corrected chi connectivity index (χ1v) is 8.94. The quantitative estimate of drug-likeness (QED) is 0.678. The minimum Gasteiger partial charge on any atom is -0.493 e. The second-order valence-electron chi connectivity index (χ2n) is 5.79. The molecule has 26 heavy (non-hydrogen) atoms. The minimum atomic E-state index is -0.178. The van der Waals surface area contributed by atoms with Gasteiger partial charge in [0.05, 0.1) is 42.0 Å². The molecule has 0 saturated carbocycles. The Morgan fingerprint density at radius 2 is 1.65 bits per heavy atom. The Labute approximate surface area is 167 Å². The van der Waals surface area contributed by atoms with Crippen LogP contribution in [-0.2, 0) is 11.3 Å². The summed E-state index contributed by atoms with van der Waals surface area (Å²) in [4.78, 5) is 13.3. The molecule has 0 spiro atoms. The Kier molecular flexibility index (Phi) is 7.41. The van der Waals surface area contributed by atoms with Crippen LogP contribution in [0.5, 0.6) is 11.5 Å².